The molecule has 0 atom stereocenters. The Labute approximate surface area is 27.8 Å². The lowest BCUT2D eigenvalue weighted by molar-refractivity contribution is 0.723. The van der Waals surface area contributed by atoms with E-state index in [2.05, 4.69) is 0 Å². The Hall–Kier alpha value is -0.113. The third-order valence-corrected chi connectivity index (χ3v) is 0.378. The summed E-state index contributed by atoms with van der Waals surface area (Å²) >= 11 is 0. The van der Waals surface area contributed by atoms with Gasteiger partial charge in [0, 0.05) is 10.2 Å². The maximum Gasteiger partial charge on any atom is 0.0779 e. The minimum atomic E-state index is 0.562. The van der Waals surface area contributed by atoms with Crippen LogP contribution in [-0.2, 0) is 0 Å². The topological polar surface area (TPSA) is 0 Å². The lowest BCUT2D eigenvalue weighted by Crippen LogP contribution is -1.37. The van der Waals surface area contributed by atoms with Gasteiger partial charge in [0.05, 0.1) is 6.33 Å². The average molecular weight is 76.1 g/mol. The van der Waals surface area contributed by atoms with Crippen molar-refractivity contribution in [1.82, 2.24) is 0 Å². The van der Waals surface area contributed by atoms with Gasteiger partial charge >= 0.3 is 0 Å². The molecule has 0 spiro atoms. The van der Waals surface area contributed by atoms with Crippen molar-refractivity contribution in [2.45, 2.75) is 0 Å². The second-order valence-electron chi connectivity index (χ2n) is 0.459. The smallest absolute Gasteiger partial charge is 0.0779 e. The summed E-state index contributed by atoms with van der Waals surface area (Å²) in [6.07, 6.45) is 0.562. The van der Waals surface area contributed by atoms with Crippen LogP contribution < -0.4 is 0 Å². The van der Waals surface area contributed by atoms with Crippen LogP contribution in [0.2, 0.25) is 0 Å². The van der Waals surface area contributed by atoms with Gasteiger partial charge in [0.1, 0.15) is 0 Å². The molecule has 0 unspecified atom stereocenters. The Morgan fingerprint density at radius 1 is 1.75 bits per heavy atom. The molecule has 0 aliphatic heterocycles. The van der Waals surface area contributed by atoms with Crippen LogP contribution in [0, 0.1) is 0 Å². The molecule has 0 aromatic heterocycles. The van der Waals surface area contributed by atoms with Crippen molar-refractivity contribution >= 4 is 10.2 Å². The third-order valence-electron chi connectivity index (χ3n) is 0.126. The molecule has 0 N–H and O–H groups in total. The Kier molecular flexibility index (Phi) is 2.81. The molecule has 0 heterocycles. The van der Waals surface area contributed by atoms with Crippen LogP contribution in [0.3, 0.4) is 0 Å². The molecule has 0 saturated heterocycles. The Bertz CT molecular complexity index is 21.2. The van der Waals surface area contributed by atoms with Gasteiger partial charge in [-0.1, -0.05) is 5.70 Å². The second kappa shape index (κ2) is 2.89. The monoisotopic (exact) mass is 76.0 g/mol. The van der Waals surface area contributed by atoms with Crippen molar-refractivity contribution < 1.29 is 4.39 Å². The van der Waals surface area contributed by atoms with Gasteiger partial charge in [-0.2, -0.15) is 0 Å². The molecule has 0 radical (unpaired) electrons. The zero-order valence-corrected chi connectivity index (χ0v) is 4.53. The van der Waals surface area contributed by atoms with Crippen molar-refractivity contribution in [1.29, 1.82) is 0 Å². The van der Waals surface area contributed by atoms with E-state index >= 15 is 0 Å². The lowest BCUT2D eigenvalue weighted by atomic mass is 11.2. The molecular formula is C2H5FSi. The molecule has 2 heteroatoms. The van der Waals surface area contributed by atoms with E-state index in [0.29, 0.717) is 6.33 Å². The molecule has 0 aliphatic carbocycles. The fourth-order valence-corrected chi connectivity index (χ4v) is 0. The standard InChI is InChI=1S/C2H5FSi/c3-1-2-4/h1-2H,4H3. The number of hydrogen-bond donors (Lipinski definition) is 0. The summed E-state index contributed by atoms with van der Waals surface area (Å²) in [4.78, 5) is 0. The van der Waals surface area contributed by atoms with Crippen molar-refractivity contribution in [3.63, 3.8) is 0 Å². The van der Waals surface area contributed by atoms with Crippen LogP contribution in [0.25, 0.3) is 0 Å². The van der Waals surface area contributed by atoms with Gasteiger partial charge in [0.15, 0.2) is 0 Å². The minimum Gasteiger partial charge on any atom is -0.216 e. The quantitative estimate of drug-likeness (QED) is 0.350. The molecule has 0 amide bonds. The van der Waals surface area contributed by atoms with E-state index in [0.717, 1.165) is 10.2 Å². The van der Waals surface area contributed by atoms with Crippen molar-refractivity contribution in [3.05, 3.63) is 12.0 Å². The van der Waals surface area contributed by atoms with E-state index in [1.807, 2.05) is 0 Å². The number of halogens is 1. The molecule has 0 bridgehead atoms. The van der Waals surface area contributed by atoms with Crippen molar-refractivity contribution in [3.8, 4) is 0 Å². The van der Waals surface area contributed by atoms with Gasteiger partial charge in [-0.05, 0) is 0 Å². The van der Waals surface area contributed by atoms with E-state index in [1.165, 1.54) is 5.70 Å². The first-order chi connectivity index (χ1) is 1.91. The van der Waals surface area contributed by atoms with E-state index < -0.39 is 0 Å². The van der Waals surface area contributed by atoms with E-state index in [4.69, 9.17) is 0 Å². The van der Waals surface area contributed by atoms with E-state index in [1.54, 1.807) is 0 Å². The molecule has 24 valence electrons. The van der Waals surface area contributed by atoms with Gasteiger partial charge in [0.2, 0.25) is 0 Å². The number of hydrogen-bond acceptors (Lipinski definition) is 0. The SMILES string of the molecule is FC=C[SiH3]. The summed E-state index contributed by atoms with van der Waals surface area (Å²) in [7, 11) is 0.834. The van der Waals surface area contributed by atoms with Gasteiger partial charge in [-0.3, -0.25) is 0 Å². The normalized spacial score (nSPS) is 10.2. The third kappa shape index (κ3) is 1.89. The first-order valence-electron chi connectivity index (χ1n) is 1.13. The molecule has 0 nitrogen and oxygen atoms in total. The van der Waals surface area contributed by atoms with Crippen LogP contribution in [0.5, 0.6) is 0 Å². The van der Waals surface area contributed by atoms with Crippen molar-refractivity contribution in [2.75, 3.05) is 0 Å². The van der Waals surface area contributed by atoms with Crippen LogP contribution >= 0.6 is 0 Å². The predicted molar refractivity (Wildman–Crippen MR) is 20.2 cm³/mol. The maximum atomic E-state index is 10.6. The summed E-state index contributed by atoms with van der Waals surface area (Å²) in [6, 6.07) is 0. The Balaban J connectivity index is 2.55. The van der Waals surface area contributed by atoms with Crippen molar-refractivity contribution in [2.24, 2.45) is 0 Å². The highest BCUT2D eigenvalue weighted by molar-refractivity contribution is 6.16. The largest absolute Gasteiger partial charge is 0.216 e. The summed E-state index contributed by atoms with van der Waals surface area (Å²) in [5.74, 6) is 0. The fourth-order valence-electron chi connectivity index (χ4n) is 0. The molecular weight excluding hydrogens is 71.1 g/mol. The molecule has 0 aromatic carbocycles. The molecule has 0 fully saturated rings. The number of rotatable bonds is 0. The van der Waals surface area contributed by atoms with Gasteiger partial charge in [0.25, 0.3) is 0 Å². The highest BCUT2D eigenvalue weighted by Gasteiger charge is 1.39. The molecule has 0 saturated carbocycles. The molecule has 0 aliphatic rings. The zero-order valence-electron chi connectivity index (χ0n) is 2.53. The van der Waals surface area contributed by atoms with Gasteiger partial charge in [-0.25, -0.2) is 4.39 Å². The molecule has 0 aromatic rings. The average Bonchev–Trinajstić information content (AvgIpc) is 1.37. The van der Waals surface area contributed by atoms with Crippen LogP contribution in [-0.4, -0.2) is 10.2 Å². The lowest BCUT2D eigenvalue weighted by Gasteiger charge is -1.45. The first kappa shape index (κ1) is 3.89. The van der Waals surface area contributed by atoms with Crippen LogP contribution in [0.1, 0.15) is 0 Å². The summed E-state index contributed by atoms with van der Waals surface area (Å²) in [5, 5.41) is 0. The summed E-state index contributed by atoms with van der Waals surface area (Å²) < 4.78 is 10.6. The highest BCUT2D eigenvalue weighted by atomic mass is 28.1. The molecule has 4 heavy (non-hydrogen) atoms. The molecule has 0 rings (SSSR count). The first-order valence-corrected chi connectivity index (χ1v) is 2.28. The summed E-state index contributed by atoms with van der Waals surface area (Å²) in [5.41, 5.74) is 1.47. The van der Waals surface area contributed by atoms with E-state index in [9.17, 15) is 4.39 Å². The Morgan fingerprint density at radius 2 is 2.00 bits per heavy atom. The van der Waals surface area contributed by atoms with E-state index in [-0.39, 0.29) is 0 Å². The summed E-state index contributed by atoms with van der Waals surface area (Å²) in [6.45, 7) is 0. The Morgan fingerprint density at radius 3 is 2.00 bits per heavy atom. The van der Waals surface area contributed by atoms with Gasteiger partial charge in [-0.15, -0.1) is 0 Å². The minimum absolute atomic E-state index is 0.562. The fraction of sp³-hybridized carbons (Fsp3) is 0. The maximum absolute atomic E-state index is 10.6. The predicted octanol–water partition coefficient (Wildman–Crippen LogP) is -0.207. The van der Waals surface area contributed by atoms with Gasteiger partial charge < -0.3 is 0 Å². The zero-order chi connectivity index (χ0) is 3.41. The van der Waals surface area contributed by atoms with Crippen LogP contribution in [0.15, 0.2) is 12.0 Å². The second-order valence-corrected chi connectivity index (χ2v) is 1.13. The van der Waals surface area contributed by atoms with Crippen LogP contribution in [0.4, 0.5) is 4.39 Å². The highest BCUT2D eigenvalue weighted by Crippen LogP contribution is 1.57.